The van der Waals surface area contributed by atoms with Crippen LogP contribution in [0.15, 0.2) is 47.4 Å². The molecule has 1 N–H and O–H groups in total. The summed E-state index contributed by atoms with van der Waals surface area (Å²) in [4.78, 5) is 25.9. The second kappa shape index (κ2) is 7.34. The molecule has 24 heavy (non-hydrogen) atoms. The van der Waals surface area contributed by atoms with Crippen molar-refractivity contribution in [1.82, 2.24) is 9.88 Å². The number of anilines is 1. The maximum Gasteiger partial charge on any atom is 0.252 e. The fraction of sp³-hybridized carbons (Fsp3) is 0.368. The first kappa shape index (κ1) is 16.3. The van der Waals surface area contributed by atoms with Crippen LogP contribution in [0.3, 0.4) is 0 Å². The summed E-state index contributed by atoms with van der Waals surface area (Å²) in [6.07, 6.45) is 4.79. The molecule has 0 fully saturated rings. The van der Waals surface area contributed by atoms with Gasteiger partial charge in [0.05, 0.1) is 5.56 Å². The number of fused-ring (bicyclic) bond motifs is 1. The normalized spacial score (nSPS) is 13.5. The standard InChI is InChI=1S/C19H23N3O2/c1-21-14-16(9-10-18(21)23)19(24)20-11-5-13-22-12-4-7-15-6-2-3-8-17(15)22/h2-3,6,8-10,14H,4-5,7,11-13H2,1H3,(H,20,24). The Hall–Kier alpha value is -2.56. The Labute approximate surface area is 141 Å². The Bertz CT molecular complexity index is 782. The van der Waals surface area contributed by atoms with Crippen molar-refractivity contribution >= 4 is 11.6 Å². The molecule has 1 aliphatic heterocycles. The molecule has 0 unspecified atom stereocenters. The molecule has 0 bridgehead atoms. The van der Waals surface area contributed by atoms with Gasteiger partial charge in [0.1, 0.15) is 0 Å². The van der Waals surface area contributed by atoms with E-state index in [1.54, 1.807) is 19.3 Å². The van der Waals surface area contributed by atoms with Crippen LogP contribution in [0.25, 0.3) is 0 Å². The summed E-state index contributed by atoms with van der Waals surface area (Å²) >= 11 is 0. The number of carbonyl (C=O) groups excluding carboxylic acids is 1. The van der Waals surface area contributed by atoms with Crippen molar-refractivity contribution in [2.75, 3.05) is 24.5 Å². The number of hydrogen-bond acceptors (Lipinski definition) is 3. The molecule has 5 heteroatoms. The van der Waals surface area contributed by atoms with Crippen LogP contribution in [0.2, 0.25) is 0 Å². The lowest BCUT2D eigenvalue weighted by Gasteiger charge is -2.31. The van der Waals surface area contributed by atoms with E-state index in [1.165, 1.54) is 28.3 Å². The Morgan fingerprint density at radius 1 is 1.21 bits per heavy atom. The fourth-order valence-electron chi connectivity index (χ4n) is 3.15. The molecule has 2 aromatic rings. The highest BCUT2D eigenvalue weighted by atomic mass is 16.2. The van der Waals surface area contributed by atoms with Crippen molar-refractivity contribution in [1.29, 1.82) is 0 Å². The fourth-order valence-corrected chi connectivity index (χ4v) is 3.15. The first-order valence-corrected chi connectivity index (χ1v) is 8.43. The molecule has 1 aliphatic rings. The van der Waals surface area contributed by atoms with Gasteiger partial charge in [-0.2, -0.15) is 0 Å². The van der Waals surface area contributed by atoms with Gasteiger partial charge in [-0.3, -0.25) is 9.59 Å². The molecule has 0 saturated carbocycles. The first-order chi connectivity index (χ1) is 11.6. The lowest BCUT2D eigenvalue weighted by atomic mass is 10.0. The lowest BCUT2D eigenvalue weighted by Crippen LogP contribution is -2.33. The predicted octanol–water partition coefficient (Wildman–Crippen LogP) is 1.96. The van der Waals surface area contributed by atoms with E-state index in [9.17, 15) is 9.59 Å². The predicted molar refractivity (Wildman–Crippen MR) is 95.6 cm³/mol. The van der Waals surface area contributed by atoms with E-state index in [1.807, 2.05) is 0 Å². The maximum atomic E-state index is 12.1. The molecular weight excluding hydrogens is 302 g/mol. The monoisotopic (exact) mass is 325 g/mol. The van der Waals surface area contributed by atoms with E-state index >= 15 is 0 Å². The third kappa shape index (κ3) is 3.67. The van der Waals surface area contributed by atoms with Gasteiger partial charge in [0.25, 0.3) is 5.91 Å². The lowest BCUT2D eigenvalue weighted by molar-refractivity contribution is 0.0952. The van der Waals surface area contributed by atoms with Gasteiger partial charge < -0.3 is 14.8 Å². The van der Waals surface area contributed by atoms with Crippen molar-refractivity contribution in [3.63, 3.8) is 0 Å². The van der Waals surface area contributed by atoms with Gasteiger partial charge in [-0.05, 0) is 37.0 Å². The van der Waals surface area contributed by atoms with Crippen LogP contribution in [0.5, 0.6) is 0 Å². The topological polar surface area (TPSA) is 54.3 Å². The second-order valence-electron chi connectivity index (χ2n) is 6.20. The Morgan fingerprint density at radius 3 is 2.88 bits per heavy atom. The first-order valence-electron chi connectivity index (χ1n) is 8.43. The van der Waals surface area contributed by atoms with E-state index in [0.717, 1.165) is 25.9 Å². The van der Waals surface area contributed by atoms with E-state index in [4.69, 9.17) is 0 Å². The number of benzene rings is 1. The van der Waals surface area contributed by atoms with Crippen LogP contribution in [0, 0.1) is 0 Å². The number of hydrogen-bond donors (Lipinski definition) is 1. The molecule has 1 aromatic carbocycles. The largest absolute Gasteiger partial charge is 0.371 e. The summed E-state index contributed by atoms with van der Waals surface area (Å²) in [7, 11) is 1.65. The number of amides is 1. The van der Waals surface area contributed by atoms with Gasteiger partial charge in [-0.1, -0.05) is 18.2 Å². The highest BCUT2D eigenvalue weighted by Gasteiger charge is 2.15. The Kier molecular flexibility index (Phi) is 4.99. The molecule has 0 saturated heterocycles. The van der Waals surface area contributed by atoms with Crippen molar-refractivity contribution < 1.29 is 4.79 Å². The quantitative estimate of drug-likeness (QED) is 0.855. The number of aromatic nitrogens is 1. The average molecular weight is 325 g/mol. The molecule has 5 nitrogen and oxygen atoms in total. The van der Waals surface area contributed by atoms with Gasteiger partial charge in [0.2, 0.25) is 5.56 Å². The number of nitrogens with zero attached hydrogens (tertiary/aromatic N) is 2. The highest BCUT2D eigenvalue weighted by molar-refractivity contribution is 5.93. The van der Waals surface area contributed by atoms with Crippen LogP contribution in [0.1, 0.15) is 28.8 Å². The number of nitrogens with one attached hydrogen (secondary N) is 1. The summed E-state index contributed by atoms with van der Waals surface area (Å²) in [5.41, 5.74) is 3.14. The van der Waals surface area contributed by atoms with Crippen molar-refractivity contribution in [3.05, 3.63) is 64.1 Å². The smallest absolute Gasteiger partial charge is 0.252 e. The van der Waals surface area contributed by atoms with Crippen LogP contribution >= 0.6 is 0 Å². The zero-order valence-electron chi connectivity index (χ0n) is 14.0. The zero-order chi connectivity index (χ0) is 16.9. The molecule has 0 radical (unpaired) electrons. The number of aryl methyl sites for hydroxylation is 2. The average Bonchev–Trinajstić information content (AvgIpc) is 2.61. The van der Waals surface area contributed by atoms with Gasteiger partial charge in [0.15, 0.2) is 0 Å². The summed E-state index contributed by atoms with van der Waals surface area (Å²) in [6, 6.07) is 11.5. The highest BCUT2D eigenvalue weighted by Crippen LogP contribution is 2.26. The molecular formula is C19H23N3O2. The maximum absolute atomic E-state index is 12.1. The third-order valence-electron chi connectivity index (χ3n) is 4.44. The third-order valence-corrected chi connectivity index (χ3v) is 4.44. The molecule has 0 aliphatic carbocycles. The second-order valence-corrected chi connectivity index (χ2v) is 6.20. The van der Waals surface area contributed by atoms with Crippen LogP contribution in [-0.4, -0.2) is 30.1 Å². The molecule has 0 atom stereocenters. The molecule has 1 amide bonds. The minimum atomic E-state index is -0.135. The van der Waals surface area contributed by atoms with Crippen molar-refractivity contribution in [2.24, 2.45) is 7.05 Å². The van der Waals surface area contributed by atoms with Gasteiger partial charge >= 0.3 is 0 Å². The van der Waals surface area contributed by atoms with E-state index < -0.39 is 0 Å². The number of pyridine rings is 1. The minimum Gasteiger partial charge on any atom is -0.371 e. The molecule has 1 aromatic heterocycles. The Morgan fingerprint density at radius 2 is 2.04 bits per heavy atom. The van der Waals surface area contributed by atoms with Gasteiger partial charge in [-0.15, -0.1) is 0 Å². The van der Waals surface area contributed by atoms with E-state index in [-0.39, 0.29) is 11.5 Å². The van der Waals surface area contributed by atoms with Crippen LogP contribution in [-0.2, 0) is 13.5 Å². The van der Waals surface area contributed by atoms with Crippen molar-refractivity contribution in [2.45, 2.75) is 19.3 Å². The summed E-state index contributed by atoms with van der Waals surface area (Å²) in [6.45, 7) is 2.64. The van der Waals surface area contributed by atoms with Crippen molar-refractivity contribution in [3.8, 4) is 0 Å². The number of rotatable bonds is 5. The van der Waals surface area contributed by atoms with E-state index in [0.29, 0.717) is 12.1 Å². The molecule has 2 heterocycles. The molecule has 0 spiro atoms. The summed E-state index contributed by atoms with van der Waals surface area (Å²) < 4.78 is 1.42. The van der Waals surface area contributed by atoms with Gasteiger partial charge in [-0.25, -0.2) is 0 Å². The summed E-state index contributed by atoms with van der Waals surface area (Å²) in [5, 5.41) is 2.93. The SMILES string of the molecule is Cn1cc(C(=O)NCCCN2CCCc3ccccc32)ccc1=O. The van der Waals surface area contributed by atoms with Crippen LogP contribution in [0.4, 0.5) is 5.69 Å². The van der Waals surface area contributed by atoms with Gasteiger partial charge in [0, 0.05) is 44.6 Å². The minimum absolute atomic E-state index is 0.115. The van der Waals surface area contributed by atoms with E-state index in [2.05, 4.69) is 34.5 Å². The zero-order valence-corrected chi connectivity index (χ0v) is 14.0. The summed E-state index contributed by atoms with van der Waals surface area (Å²) in [5.74, 6) is -0.135. The van der Waals surface area contributed by atoms with Crippen LogP contribution < -0.4 is 15.8 Å². The Balaban J connectivity index is 1.50. The molecule has 126 valence electrons. The number of para-hydroxylation sites is 1. The molecule has 3 rings (SSSR count). The number of carbonyl (C=O) groups is 1.